The minimum Gasteiger partial charge on any atom is -0.322 e. The first-order chi connectivity index (χ1) is 8.27. The summed E-state index contributed by atoms with van der Waals surface area (Å²) in [7, 11) is -1.16. The van der Waals surface area contributed by atoms with Crippen molar-refractivity contribution in [1.82, 2.24) is 0 Å². The zero-order chi connectivity index (χ0) is 13.9. The molecule has 0 aliphatic heterocycles. The number of hydrogen-bond donors (Lipinski definition) is 1. The minimum atomic E-state index is -1.16. The van der Waals surface area contributed by atoms with Gasteiger partial charge in [-0.1, -0.05) is 25.1 Å². The molecule has 0 aliphatic rings. The zero-order valence-corrected chi connectivity index (χ0v) is 16.7. The number of para-hydroxylation sites is 1. The molecular weight excluding hydrogens is 330 g/mol. The van der Waals surface area contributed by atoms with E-state index in [4.69, 9.17) is 0 Å². The van der Waals surface area contributed by atoms with Crippen molar-refractivity contribution in [3.63, 3.8) is 0 Å². The molecule has 0 spiro atoms. The van der Waals surface area contributed by atoms with Crippen LogP contribution in [-0.2, 0) is 37.5 Å². The van der Waals surface area contributed by atoms with Crippen molar-refractivity contribution in [3.8, 4) is 0 Å². The molecule has 19 heavy (non-hydrogen) atoms. The van der Waals surface area contributed by atoms with Gasteiger partial charge in [0.15, 0.2) is 0 Å². The van der Waals surface area contributed by atoms with E-state index in [0.29, 0.717) is 0 Å². The fraction of sp³-hybridized carbons (Fsp3) is 0.533. The van der Waals surface area contributed by atoms with Crippen LogP contribution in [0, 0.1) is 13.8 Å². The number of carbonyl (C=O) groups excluding carboxylic acids is 1. The average molecular weight is 355 g/mol. The van der Waals surface area contributed by atoms with Gasteiger partial charge in [-0.15, -0.1) is 0 Å². The predicted octanol–water partition coefficient (Wildman–Crippen LogP) is 3.93. The van der Waals surface area contributed by atoms with Crippen LogP contribution >= 0.6 is 7.26 Å². The van der Waals surface area contributed by atoms with Gasteiger partial charge in [-0.3, -0.25) is 4.79 Å². The normalized spacial score (nSPS) is 12.5. The van der Waals surface area contributed by atoms with Crippen LogP contribution in [0.5, 0.6) is 0 Å². The maximum Gasteiger partial charge on any atom is 0.264 e. The fourth-order valence-electron chi connectivity index (χ4n) is 2.30. The molecule has 4 heteroatoms. The number of carbonyl (C=O) groups is 1. The Morgan fingerprint density at radius 3 is 2.05 bits per heavy atom. The molecule has 1 aromatic rings. The molecule has 0 fully saturated rings. The van der Waals surface area contributed by atoms with Crippen molar-refractivity contribution < 1.29 is 37.5 Å². The minimum absolute atomic E-state index is 0. The molecule has 1 atom stereocenters. The smallest absolute Gasteiger partial charge is 0.264 e. The van der Waals surface area contributed by atoms with Gasteiger partial charge >= 0.3 is 0 Å². The quantitative estimate of drug-likeness (QED) is 0.815. The first-order valence-corrected chi connectivity index (χ1v) is 9.65. The summed E-state index contributed by atoms with van der Waals surface area (Å²) in [6, 6.07) is 6.10. The summed E-state index contributed by atoms with van der Waals surface area (Å²) in [6.07, 6.45) is 0.911. The molecule has 1 N–H and O–H groups in total. The topological polar surface area (TPSA) is 29.1 Å². The summed E-state index contributed by atoms with van der Waals surface area (Å²) < 4.78 is 0. The van der Waals surface area contributed by atoms with E-state index in [2.05, 4.69) is 32.2 Å². The first-order valence-electron chi connectivity index (χ1n) is 6.45. The van der Waals surface area contributed by atoms with Gasteiger partial charge in [0.25, 0.3) is 5.91 Å². The van der Waals surface area contributed by atoms with Gasteiger partial charge in [-0.2, -0.15) is 0 Å². The number of amides is 1. The Kier molecular flexibility index (Phi) is 7.95. The number of rotatable bonds is 4. The van der Waals surface area contributed by atoms with Gasteiger partial charge in [0.2, 0.25) is 0 Å². The van der Waals surface area contributed by atoms with Crippen LogP contribution in [0.1, 0.15) is 24.5 Å². The molecule has 1 rings (SSSR count). The summed E-state index contributed by atoms with van der Waals surface area (Å²) in [6.45, 7) is 12.9. The predicted molar refractivity (Wildman–Crippen MR) is 83.3 cm³/mol. The molecule has 2 nitrogen and oxygen atoms in total. The third-order valence-electron chi connectivity index (χ3n) is 3.35. The summed E-state index contributed by atoms with van der Waals surface area (Å²) in [5.74, 6) is 0.177. The Hall–Kier alpha value is 0.224. The van der Waals surface area contributed by atoms with Crippen molar-refractivity contribution in [1.29, 1.82) is 0 Å². The molecule has 1 aromatic carbocycles. The van der Waals surface area contributed by atoms with E-state index in [9.17, 15) is 4.79 Å². The molecule has 1 unspecified atom stereocenters. The Balaban J connectivity index is 0.00000324. The molecule has 0 bridgehead atoms. The number of nitrogens with one attached hydrogen (secondary N) is 1. The van der Waals surface area contributed by atoms with E-state index in [1.54, 1.807) is 0 Å². The standard InChI is InChI=1S/C15H24NOP.Y/c1-7-13(18(4,5)6)15(17)16-14-11(2)9-8-10-12(14)3;/h8-10,13H,7H2,1-6H3;/p+1. The van der Waals surface area contributed by atoms with Crippen LogP contribution in [0.3, 0.4) is 0 Å². The van der Waals surface area contributed by atoms with Gasteiger partial charge in [0.05, 0.1) is 0 Å². The summed E-state index contributed by atoms with van der Waals surface area (Å²) >= 11 is 0. The molecule has 0 saturated heterocycles. The van der Waals surface area contributed by atoms with Crippen LogP contribution < -0.4 is 5.32 Å². The monoisotopic (exact) mass is 355 g/mol. The Morgan fingerprint density at radius 1 is 1.21 bits per heavy atom. The second kappa shape index (κ2) is 7.86. The van der Waals surface area contributed by atoms with Crippen LogP contribution in [0.15, 0.2) is 18.2 Å². The fourth-order valence-corrected chi connectivity index (χ4v) is 4.17. The van der Waals surface area contributed by atoms with Gasteiger partial charge in [-0.25, -0.2) is 0 Å². The molecule has 1 amide bonds. The van der Waals surface area contributed by atoms with Crippen LogP contribution in [0.4, 0.5) is 5.69 Å². The Morgan fingerprint density at radius 2 is 1.68 bits per heavy atom. The van der Waals surface area contributed by atoms with E-state index in [0.717, 1.165) is 23.2 Å². The Bertz CT molecular complexity index is 420. The van der Waals surface area contributed by atoms with E-state index >= 15 is 0 Å². The number of anilines is 1. The third-order valence-corrected chi connectivity index (χ3v) is 5.82. The van der Waals surface area contributed by atoms with Crippen LogP contribution in [0.25, 0.3) is 0 Å². The molecule has 0 aromatic heterocycles. The van der Waals surface area contributed by atoms with Crippen molar-refractivity contribution in [3.05, 3.63) is 29.3 Å². The third kappa shape index (κ3) is 5.25. The van der Waals surface area contributed by atoms with E-state index in [1.807, 2.05) is 32.0 Å². The van der Waals surface area contributed by atoms with Gasteiger partial charge in [0, 0.05) is 65.7 Å². The molecule has 0 saturated carbocycles. The number of aryl methyl sites for hydroxylation is 2. The van der Waals surface area contributed by atoms with Gasteiger partial charge in [-0.05, 0) is 31.4 Å². The second-order valence-electron chi connectivity index (χ2n) is 5.80. The summed E-state index contributed by atoms with van der Waals surface area (Å²) in [5, 5.41) is 3.12. The van der Waals surface area contributed by atoms with Crippen LogP contribution in [0.2, 0.25) is 0 Å². The van der Waals surface area contributed by atoms with Crippen LogP contribution in [-0.4, -0.2) is 31.6 Å². The van der Waals surface area contributed by atoms with E-state index in [-0.39, 0.29) is 44.3 Å². The zero-order valence-electron chi connectivity index (χ0n) is 12.9. The van der Waals surface area contributed by atoms with Crippen molar-refractivity contribution in [2.45, 2.75) is 32.9 Å². The summed E-state index contributed by atoms with van der Waals surface area (Å²) in [5.41, 5.74) is 3.39. The van der Waals surface area contributed by atoms with Gasteiger partial charge < -0.3 is 5.32 Å². The molecular formula is C15H25NOPY+. The number of benzene rings is 1. The molecule has 1 radical (unpaired) electrons. The largest absolute Gasteiger partial charge is 0.322 e. The van der Waals surface area contributed by atoms with Crippen molar-refractivity contribution in [2.75, 3.05) is 25.3 Å². The van der Waals surface area contributed by atoms with Gasteiger partial charge in [0.1, 0.15) is 5.66 Å². The molecule has 103 valence electrons. The molecule has 0 heterocycles. The SMILES string of the molecule is CCC(C(=O)Nc1c(C)cccc1C)[P+](C)(C)C.[Y]. The first kappa shape index (κ1) is 19.2. The Labute approximate surface area is 143 Å². The average Bonchev–Trinajstić information content (AvgIpc) is 2.22. The summed E-state index contributed by atoms with van der Waals surface area (Å²) in [4.78, 5) is 12.4. The van der Waals surface area contributed by atoms with Crippen molar-refractivity contribution in [2.24, 2.45) is 0 Å². The number of hydrogen-bond acceptors (Lipinski definition) is 1. The van der Waals surface area contributed by atoms with E-state index in [1.165, 1.54) is 0 Å². The maximum absolute atomic E-state index is 12.4. The molecule has 0 aliphatic carbocycles. The van der Waals surface area contributed by atoms with E-state index < -0.39 is 7.26 Å². The second-order valence-corrected chi connectivity index (χ2v) is 10.7. The van der Waals surface area contributed by atoms with Crippen molar-refractivity contribution >= 4 is 18.9 Å². The maximum atomic E-state index is 12.4.